The average molecular weight is 426 g/mol. The molecule has 2 fully saturated rings. The summed E-state index contributed by atoms with van der Waals surface area (Å²) >= 11 is 0. The standard InChI is InChI=1S/C21H26N6O4/c28-17-18(29)27(15-16-3-1-2-7-22-16)23-19-21(6-10-26(17)19)4-8-24(9-5-21)20(30)25-11-13-31-14-12-25/h1-3,7H,4-6,8-15H2. The van der Waals surface area contributed by atoms with Crippen LogP contribution in [0.1, 0.15) is 30.8 Å². The lowest BCUT2D eigenvalue weighted by atomic mass is 9.77. The first-order chi connectivity index (χ1) is 15.1. The maximum atomic E-state index is 12.8. The first-order valence-corrected chi connectivity index (χ1v) is 10.8. The number of morpholine rings is 1. The van der Waals surface area contributed by atoms with Gasteiger partial charge in [-0.2, -0.15) is 5.10 Å². The van der Waals surface area contributed by atoms with Gasteiger partial charge in [-0.25, -0.2) is 9.48 Å². The van der Waals surface area contributed by atoms with Crippen molar-refractivity contribution in [1.29, 1.82) is 0 Å². The van der Waals surface area contributed by atoms with Crippen LogP contribution in [0.5, 0.6) is 0 Å². The first-order valence-electron chi connectivity index (χ1n) is 10.8. The highest BCUT2D eigenvalue weighted by molar-refractivity contribution is 5.74. The first kappa shape index (κ1) is 19.9. The number of rotatable bonds is 2. The second-order valence-electron chi connectivity index (χ2n) is 8.46. The van der Waals surface area contributed by atoms with Gasteiger partial charge in [-0.3, -0.25) is 19.1 Å². The minimum absolute atomic E-state index is 0.0571. The van der Waals surface area contributed by atoms with E-state index in [1.807, 2.05) is 21.9 Å². The normalized spacial score (nSPS) is 20.1. The van der Waals surface area contributed by atoms with E-state index < -0.39 is 11.1 Å². The molecule has 10 nitrogen and oxygen atoms in total. The van der Waals surface area contributed by atoms with Gasteiger partial charge in [-0.1, -0.05) is 6.07 Å². The lowest BCUT2D eigenvalue weighted by Gasteiger charge is -2.41. The molecule has 0 atom stereocenters. The van der Waals surface area contributed by atoms with Gasteiger partial charge in [0.15, 0.2) is 0 Å². The van der Waals surface area contributed by atoms with Crippen molar-refractivity contribution in [1.82, 2.24) is 29.1 Å². The molecule has 0 bridgehead atoms. The third kappa shape index (κ3) is 3.54. The number of amides is 2. The van der Waals surface area contributed by atoms with E-state index in [-0.39, 0.29) is 18.0 Å². The van der Waals surface area contributed by atoms with Crippen LogP contribution in [0.15, 0.2) is 34.0 Å². The minimum Gasteiger partial charge on any atom is -0.378 e. The molecule has 10 heteroatoms. The zero-order valence-corrected chi connectivity index (χ0v) is 17.4. The van der Waals surface area contributed by atoms with Crippen molar-refractivity contribution in [3.05, 3.63) is 56.6 Å². The number of carbonyl (C=O) groups excluding carboxylic acids is 1. The van der Waals surface area contributed by atoms with Crippen LogP contribution in [0.3, 0.4) is 0 Å². The third-order valence-electron chi connectivity index (χ3n) is 6.73. The van der Waals surface area contributed by atoms with E-state index >= 15 is 0 Å². The number of likely N-dealkylation sites (tertiary alicyclic amines) is 1. The van der Waals surface area contributed by atoms with E-state index in [2.05, 4.69) is 10.1 Å². The van der Waals surface area contributed by atoms with Crippen LogP contribution >= 0.6 is 0 Å². The van der Waals surface area contributed by atoms with Crippen LogP contribution in [-0.4, -0.2) is 74.6 Å². The number of nitrogens with zero attached hydrogens (tertiary/aromatic N) is 6. The summed E-state index contributed by atoms with van der Waals surface area (Å²) in [5.41, 5.74) is -0.740. The number of ether oxygens (including phenoxy) is 1. The third-order valence-corrected chi connectivity index (χ3v) is 6.73. The molecule has 2 aromatic rings. The summed E-state index contributed by atoms with van der Waals surface area (Å²) in [6.07, 6.45) is 3.89. The largest absolute Gasteiger partial charge is 0.378 e. The van der Waals surface area contributed by atoms with Gasteiger partial charge in [-0.05, 0) is 31.4 Å². The summed E-state index contributed by atoms with van der Waals surface area (Å²) in [7, 11) is 0. The molecule has 2 saturated heterocycles. The Morgan fingerprint density at radius 3 is 2.39 bits per heavy atom. The fraction of sp³-hybridized carbons (Fsp3) is 0.571. The Morgan fingerprint density at radius 2 is 1.68 bits per heavy atom. The number of carbonyl (C=O) groups is 1. The maximum Gasteiger partial charge on any atom is 0.332 e. The van der Waals surface area contributed by atoms with E-state index in [0.29, 0.717) is 57.5 Å². The summed E-state index contributed by atoms with van der Waals surface area (Å²) in [5.74, 6) is 0.673. The molecule has 31 heavy (non-hydrogen) atoms. The van der Waals surface area contributed by atoms with Gasteiger partial charge < -0.3 is 14.5 Å². The lowest BCUT2D eigenvalue weighted by molar-refractivity contribution is 0.0387. The molecule has 3 aliphatic rings. The van der Waals surface area contributed by atoms with Crippen LogP contribution in [0, 0.1) is 0 Å². The second kappa shape index (κ2) is 7.92. The van der Waals surface area contributed by atoms with E-state index in [1.54, 1.807) is 12.3 Å². The smallest absolute Gasteiger partial charge is 0.332 e. The van der Waals surface area contributed by atoms with Gasteiger partial charge in [0.2, 0.25) is 0 Å². The Morgan fingerprint density at radius 1 is 0.968 bits per heavy atom. The van der Waals surface area contributed by atoms with Crippen LogP contribution in [0.2, 0.25) is 0 Å². The van der Waals surface area contributed by atoms with Gasteiger partial charge in [0, 0.05) is 44.3 Å². The van der Waals surface area contributed by atoms with Crippen LogP contribution in [0.4, 0.5) is 4.79 Å². The molecule has 0 radical (unpaired) electrons. The van der Waals surface area contributed by atoms with Gasteiger partial charge in [0.05, 0.1) is 25.5 Å². The molecule has 164 valence electrons. The summed E-state index contributed by atoms with van der Waals surface area (Å²) in [5, 5.41) is 4.64. The topological polar surface area (TPSA) is 103 Å². The van der Waals surface area contributed by atoms with Gasteiger partial charge in [0.1, 0.15) is 5.82 Å². The quantitative estimate of drug-likeness (QED) is 0.628. The maximum absolute atomic E-state index is 12.8. The molecule has 0 aromatic carbocycles. The van der Waals surface area contributed by atoms with Crippen molar-refractivity contribution in [2.24, 2.45) is 0 Å². The van der Waals surface area contributed by atoms with E-state index in [4.69, 9.17) is 4.74 Å². The van der Waals surface area contributed by atoms with Crippen molar-refractivity contribution in [3.63, 3.8) is 0 Å². The average Bonchev–Trinajstić information content (AvgIpc) is 3.16. The highest BCUT2D eigenvalue weighted by Gasteiger charge is 2.45. The van der Waals surface area contributed by atoms with Crippen LogP contribution < -0.4 is 11.1 Å². The molecule has 0 N–H and O–H groups in total. The Bertz CT molecular complexity index is 1080. The lowest BCUT2D eigenvalue weighted by Crippen LogP contribution is -2.53. The number of hydrogen-bond donors (Lipinski definition) is 0. The predicted molar refractivity (Wildman–Crippen MR) is 111 cm³/mol. The van der Waals surface area contributed by atoms with Crippen LogP contribution in [-0.2, 0) is 23.2 Å². The van der Waals surface area contributed by atoms with Crippen molar-refractivity contribution >= 4 is 6.03 Å². The van der Waals surface area contributed by atoms with Crippen molar-refractivity contribution in [3.8, 4) is 0 Å². The Balaban J connectivity index is 1.38. The Kier molecular flexibility index (Phi) is 5.09. The summed E-state index contributed by atoms with van der Waals surface area (Å²) in [6, 6.07) is 5.51. The van der Waals surface area contributed by atoms with Crippen molar-refractivity contribution < 1.29 is 9.53 Å². The molecule has 2 amide bonds. The molecular weight excluding hydrogens is 400 g/mol. The van der Waals surface area contributed by atoms with Crippen molar-refractivity contribution in [2.75, 3.05) is 39.4 Å². The Labute approximate surface area is 179 Å². The molecule has 5 heterocycles. The van der Waals surface area contributed by atoms with Crippen LogP contribution in [0.25, 0.3) is 0 Å². The Hall–Kier alpha value is -3.01. The van der Waals surface area contributed by atoms with E-state index in [0.717, 1.165) is 19.3 Å². The zero-order valence-electron chi connectivity index (χ0n) is 17.4. The number of hydrogen-bond acceptors (Lipinski definition) is 6. The zero-order chi connectivity index (χ0) is 21.4. The number of fused-ring (bicyclic) bond motifs is 2. The van der Waals surface area contributed by atoms with Gasteiger partial charge in [0.25, 0.3) is 0 Å². The van der Waals surface area contributed by atoms with Crippen molar-refractivity contribution in [2.45, 2.75) is 37.8 Å². The summed E-state index contributed by atoms with van der Waals surface area (Å²) in [4.78, 5) is 46.2. The highest BCUT2D eigenvalue weighted by atomic mass is 16.5. The highest BCUT2D eigenvalue weighted by Crippen LogP contribution is 2.41. The SMILES string of the molecule is O=C(N1CCOCC1)N1CCC2(CC1)CCn1c2nn(Cc2ccccn2)c(=O)c1=O. The summed E-state index contributed by atoms with van der Waals surface area (Å²) < 4.78 is 8.12. The second-order valence-corrected chi connectivity index (χ2v) is 8.46. The molecular formula is C21H26N6O4. The molecule has 1 spiro atoms. The number of pyridine rings is 1. The molecule has 3 aliphatic heterocycles. The van der Waals surface area contributed by atoms with Gasteiger partial charge in [-0.15, -0.1) is 0 Å². The molecule has 0 aliphatic carbocycles. The minimum atomic E-state index is -0.619. The number of aromatic nitrogens is 4. The predicted octanol–water partition coefficient (Wildman–Crippen LogP) is 0.0378. The fourth-order valence-corrected chi connectivity index (χ4v) is 4.88. The molecule has 0 saturated carbocycles. The van der Waals surface area contributed by atoms with E-state index in [9.17, 15) is 14.4 Å². The fourth-order valence-electron chi connectivity index (χ4n) is 4.88. The number of piperidine rings is 1. The summed E-state index contributed by atoms with van der Waals surface area (Å²) in [6.45, 7) is 4.31. The number of urea groups is 1. The molecule has 5 rings (SSSR count). The van der Waals surface area contributed by atoms with E-state index in [1.165, 1.54) is 9.25 Å². The molecule has 2 aromatic heterocycles. The monoisotopic (exact) mass is 426 g/mol. The van der Waals surface area contributed by atoms with Gasteiger partial charge >= 0.3 is 17.1 Å². The molecule has 0 unspecified atom stereocenters.